The Kier molecular flexibility index (Phi) is 5.63. The van der Waals surface area contributed by atoms with Gasteiger partial charge in [0, 0.05) is 18.6 Å². The highest BCUT2D eigenvalue weighted by Crippen LogP contribution is 2.23. The predicted molar refractivity (Wildman–Crippen MR) is 74.0 cm³/mol. The number of amides is 2. The smallest absolute Gasteiger partial charge is 0.317 e. The number of urea groups is 1. The van der Waals surface area contributed by atoms with E-state index in [9.17, 15) is 9.59 Å². The number of carbonyl (C=O) groups excluding carboxylic acids is 1. The molecule has 5 nitrogen and oxygen atoms in total. The number of hydrogen-bond acceptors (Lipinski definition) is 2. The molecule has 0 radical (unpaired) electrons. The average molecular weight is 270 g/mol. The van der Waals surface area contributed by atoms with E-state index < -0.39 is 5.97 Å². The van der Waals surface area contributed by atoms with E-state index in [2.05, 4.69) is 26.1 Å². The van der Waals surface area contributed by atoms with Gasteiger partial charge in [0.25, 0.3) is 0 Å². The van der Waals surface area contributed by atoms with Crippen LogP contribution >= 0.6 is 0 Å². The van der Waals surface area contributed by atoms with Crippen molar-refractivity contribution in [2.24, 2.45) is 11.8 Å². The predicted octanol–water partition coefficient (Wildman–Crippen LogP) is 2.32. The van der Waals surface area contributed by atoms with Crippen molar-refractivity contribution in [2.45, 2.75) is 59.0 Å². The van der Waals surface area contributed by atoms with Crippen molar-refractivity contribution in [3.63, 3.8) is 0 Å². The van der Waals surface area contributed by atoms with Crippen LogP contribution in [0.15, 0.2) is 0 Å². The number of aliphatic carboxylic acids is 1. The van der Waals surface area contributed by atoms with Crippen molar-refractivity contribution >= 4 is 12.0 Å². The lowest BCUT2D eigenvalue weighted by Gasteiger charge is -2.37. The first-order valence-corrected chi connectivity index (χ1v) is 7.16. The molecular weight excluding hydrogens is 244 g/mol. The highest BCUT2D eigenvalue weighted by Gasteiger charge is 2.32. The van der Waals surface area contributed by atoms with Crippen molar-refractivity contribution in [3.05, 3.63) is 0 Å². The van der Waals surface area contributed by atoms with Crippen LogP contribution < -0.4 is 5.32 Å². The molecule has 2 amide bonds. The summed E-state index contributed by atoms with van der Waals surface area (Å²) in [5.41, 5.74) is 0. The van der Waals surface area contributed by atoms with Crippen LogP contribution in [0, 0.1) is 11.8 Å². The summed E-state index contributed by atoms with van der Waals surface area (Å²) in [5, 5.41) is 12.1. The van der Waals surface area contributed by atoms with Gasteiger partial charge < -0.3 is 15.3 Å². The molecule has 1 aliphatic rings. The van der Waals surface area contributed by atoms with Gasteiger partial charge in [0.05, 0.1) is 5.92 Å². The van der Waals surface area contributed by atoms with Gasteiger partial charge in [-0.3, -0.25) is 4.79 Å². The SMILES string of the molecule is CCC(NC(=O)N1CCC(C(=O)O)CC1C)C(C)C. The number of carboxylic acids is 1. The lowest BCUT2D eigenvalue weighted by Crippen LogP contribution is -2.53. The zero-order valence-corrected chi connectivity index (χ0v) is 12.3. The molecule has 2 N–H and O–H groups in total. The van der Waals surface area contributed by atoms with Crippen molar-refractivity contribution < 1.29 is 14.7 Å². The van der Waals surface area contributed by atoms with Crippen LogP contribution in [0.1, 0.15) is 47.0 Å². The summed E-state index contributed by atoms with van der Waals surface area (Å²) in [7, 11) is 0. The largest absolute Gasteiger partial charge is 0.481 e. The first-order valence-electron chi connectivity index (χ1n) is 7.16. The second kappa shape index (κ2) is 6.78. The number of likely N-dealkylation sites (tertiary alicyclic amines) is 1. The van der Waals surface area contributed by atoms with E-state index in [0.717, 1.165) is 6.42 Å². The fraction of sp³-hybridized carbons (Fsp3) is 0.857. The van der Waals surface area contributed by atoms with E-state index in [0.29, 0.717) is 25.3 Å². The Labute approximate surface area is 115 Å². The highest BCUT2D eigenvalue weighted by molar-refractivity contribution is 5.76. The third-order valence-electron chi connectivity index (χ3n) is 4.04. The normalized spacial score (nSPS) is 25.2. The second-order valence-corrected chi connectivity index (χ2v) is 5.81. The Morgan fingerprint density at radius 1 is 1.42 bits per heavy atom. The summed E-state index contributed by atoms with van der Waals surface area (Å²) >= 11 is 0. The number of carboxylic acid groups (broad SMARTS) is 1. The average Bonchev–Trinajstić information content (AvgIpc) is 2.34. The van der Waals surface area contributed by atoms with Gasteiger partial charge in [-0.15, -0.1) is 0 Å². The summed E-state index contributed by atoms with van der Waals surface area (Å²) in [6.45, 7) is 8.69. The molecule has 5 heteroatoms. The van der Waals surface area contributed by atoms with Gasteiger partial charge in [-0.05, 0) is 32.1 Å². The molecule has 0 aliphatic carbocycles. The third kappa shape index (κ3) is 4.11. The van der Waals surface area contributed by atoms with Crippen LogP contribution in [-0.4, -0.2) is 40.6 Å². The molecule has 0 bridgehead atoms. The molecule has 1 saturated heterocycles. The maximum absolute atomic E-state index is 12.2. The Hall–Kier alpha value is -1.26. The molecule has 0 aromatic rings. The number of carbonyl (C=O) groups is 2. The van der Waals surface area contributed by atoms with Gasteiger partial charge in [-0.25, -0.2) is 4.79 Å². The Morgan fingerprint density at radius 3 is 2.47 bits per heavy atom. The van der Waals surface area contributed by atoms with Crippen LogP contribution in [0.25, 0.3) is 0 Å². The fourth-order valence-electron chi connectivity index (χ4n) is 2.68. The lowest BCUT2D eigenvalue weighted by atomic mass is 9.92. The van der Waals surface area contributed by atoms with Gasteiger partial charge in [-0.1, -0.05) is 20.8 Å². The Bertz CT molecular complexity index is 331. The number of nitrogens with one attached hydrogen (secondary N) is 1. The van der Waals surface area contributed by atoms with Crippen molar-refractivity contribution in [1.29, 1.82) is 0 Å². The fourth-order valence-corrected chi connectivity index (χ4v) is 2.68. The van der Waals surface area contributed by atoms with E-state index >= 15 is 0 Å². The Morgan fingerprint density at radius 2 is 2.05 bits per heavy atom. The van der Waals surface area contributed by atoms with Crippen LogP contribution in [0.2, 0.25) is 0 Å². The van der Waals surface area contributed by atoms with Crippen LogP contribution in [0.5, 0.6) is 0 Å². The number of piperidine rings is 1. The van der Waals surface area contributed by atoms with Crippen molar-refractivity contribution in [1.82, 2.24) is 10.2 Å². The molecule has 0 aromatic heterocycles. The minimum absolute atomic E-state index is 0.0143. The first kappa shape index (κ1) is 15.8. The van der Waals surface area contributed by atoms with Crippen LogP contribution in [0.4, 0.5) is 4.79 Å². The molecule has 1 heterocycles. The standard InChI is InChI=1S/C14H26N2O3/c1-5-12(9(2)3)15-14(19)16-7-6-11(13(17)18)8-10(16)4/h9-12H,5-8H2,1-4H3,(H,15,19)(H,17,18). The third-order valence-corrected chi connectivity index (χ3v) is 4.04. The number of hydrogen-bond donors (Lipinski definition) is 2. The van der Waals surface area contributed by atoms with Gasteiger partial charge >= 0.3 is 12.0 Å². The number of rotatable bonds is 4. The van der Waals surface area contributed by atoms with Crippen molar-refractivity contribution in [3.8, 4) is 0 Å². The van der Waals surface area contributed by atoms with E-state index in [4.69, 9.17) is 5.11 Å². The molecule has 0 spiro atoms. The second-order valence-electron chi connectivity index (χ2n) is 5.81. The van der Waals surface area contributed by atoms with E-state index in [1.165, 1.54) is 0 Å². The summed E-state index contributed by atoms with van der Waals surface area (Å²) in [6, 6.07) is 0.105. The van der Waals surface area contributed by atoms with E-state index in [-0.39, 0.29) is 24.0 Å². The van der Waals surface area contributed by atoms with E-state index in [1.807, 2.05) is 6.92 Å². The molecule has 1 rings (SSSR count). The number of nitrogens with zero attached hydrogens (tertiary/aromatic N) is 1. The molecule has 0 saturated carbocycles. The molecular formula is C14H26N2O3. The summed E-state index contributed by atoms with van der Waals surface area (Å²) in [5.74, 6) is -0.660. The topological polar surface area (TPSA) is 69.6 Å². The van der Waals surface area contributed by atoms with E-state index in [1.54, 1.807) is 4.90 Å². The molecule has 3 atom stereocenters. The lowest BCUT2D eigenvalue weighted by molar-refractivity contribution is -0.143. The maximum atomic E-state index is 12.2. The quantitative estimate of drug-likeness (QED) is 0.823. The zero-order chi connectivity index (χ0) is 14.6. The monoisotopic (exact) mass is 270 g/mol. The van der Waals surface area contributed by atoms with Gasteiger partial charge in [0.1, 0.15) is 0 Å². The highest BCUT2D eigenvalue weighted by atomic mass is 16.4. The van der Waals surface area contributed by atoms with Gasteiger partial charge in [0.15, 0.2) is 0 Å². The Balaban J connectivity index is 2.56. The molecule has 0 aromatic carbocycles. The minimum Gasteiger partial charge on any atom is -0.481 e. The maximum Gasteiger partial charge on any atom is 0.317 e. The molecule has 1 fully saturated rings. The van der Waals surface area contributed by atoms with Crippen LogP contribution in [0.3, 0.4) is 0 Å². The summed E-state index contributed by atoms with van der Waals surface area (Å²) in [6.07, 6.45) is 2.00. The molecule has 19 heavy (non-hydrogen) atoms. The van der Waals surface area contributed by atoms with Crippen LogP contribution in [-0.2, 0) is 4.79 Å². The minimum atomic E-state index is -0.750. The zero-order valence-electron chi connectivity index (χ0n) is 12.3. The van der Waals surface area contributed by atoms with Gasteiger partial charge in [-0.2, -0.15) is 0 Å². The van der Waals surface area contributed by atoms with Gasteiger partial charge in [0.2, 0.25) is 0 Å². The molecule has 3 unspecified atom stereocenters. The molecule has 1 aliphatic heterocycles. The van der Waals surface area contributed by atoms with Crippen molar-refractivity contribution in [2.75, 3.05) is 6.54 Å². The molecule has 110 valence electrons. The first-order chi connectivity index (χ1) is 8.86. The summed E-state index contributed by atoms with van der Waals surface area (Å²) in [4.78, 5) is 25.0. The summed E-state index contributed by atoms with van der Waals surface area (Å²) < 4.78 is 0.